The van der Waals surface area contributed by atoms with Crippen LogP contribution in [0.2, 0.25) is 5.02 Å². The number of hydrogen-bond acceptors (Lipinski definition) is 3. The van der Waals surface area contributed by atoms with Crippen LogP contribution in [-0.4, -0.2) is 10.2 Å². The highest BCUT2D eigenvalue weighted by molar-refractivity contribution is 6.30. The zero-order chi connectivity index (χ0) is 19.6. The Bertz CT molecular complexity index is 1030. The smallest absolute Gasteiger partial charge is 0.419 e. The molecule has 2 aromatic carbocycles. The molecule has 0 aliphatic carbocycles. The first kappa shape index (κ1) is 19.0. The van der Waals surface area contributed by atoms with Crippen molar-refractivity contribution in [1.82, 2.24) is 10.2 Å². The van der Waals surface area contributed by atoms with Crippen LogP contribution in [0.1, 0.15) is 22.4 Å². The fraction of sp³-hybridized carbons (Fsp3) is 0.158. The van der Waals surface area contributed by atoms with Crippen molar-refractivity contribution in [3.8, 4) is 11.5 Å². The number of H-pyrrole nitrogens is 1. The largest absolute Gasteiger partial charge is 0.457 e. The van der Waals surface area contributed by atoms with Gasteiger partial charge in [-0.3, -0.25) is 4.79 Å². The molecule has 3 aromatic rings. The summed E-state index contributed by atoms with van der Waals surface area (Å²) in [5.74, 6) is -0.133. The van der Waals surface area contributed by atoms with Crippen LogP contribution < -0.4 is 10.3 Å². The van der Waals surface area contributed by atoms with Crippen molar-refractivity contribution in [2.75, 3.05) is 0 Å². The molecule has 0 unspecified atom stereocenters. The summed E-state index contributed by atoms with van der Waals surface area (Å²) >= 11 is 5.87. The van der Waals surface area contributed by atoms with Gasteiger partial charge in [0.2, 0.25) is 0 Å². The Morgan fingerprint density at radius 2 is 1.93 bits per heavy atom. The highest BCUT2D eigenvalue weighted by Gasteiger charge is 2.34. The van der Waals surface area contributed by atoms with Gasteiger partial charge < -0.3 is 4.74 Å². The van der Waals surface area contributed by atoms with E-state index in [1.54, 1.807) is 25.1 Å². The molecular weight excluding hydrogens is 381 g/mol. The first-order valence-corrected chi connectivity index (χ1v) is 8.29. The van der Waals surface area contributed by atoms with Crippen molar-refractivity contribution in [3.05, 3.63) is 86.3 Å². The van der Waals surface area contributed by atoms with Crippen LogP contribution in [0.15, 0.2) is 53.3 Å². The lowest BCUT2D eigenvalue weighted by atomic mass is 10.0. The molecule has 0 bridgehead atoms. The molecule has 140 valence electrons. The van der Waals surface area contributed by atoms with Crippen LogP contribution in [0.3, 0.4) is 0 Å². The second-order valence-electron chi connectivity index (χ2n) is 5.94. The minimum Gasteiger partial charge on any atom is -0.457 e. The van der Waals surface area contributed by atoms with Crippen LogP contribution >= 0.6 is 11.6 Å². The van der Waals surface area contributed by atoms with Crippen molar-refractivity contribution >= 4 is 11.6 Å². The number of hydrogen-bond donors (Lipinski definition) is 1. The summed E-state index contributed by atoms with van der Waals surface area (Å²) in [6.45, 7) is 1.63. The van der Waals surface area contributed by atoms with Gasteiger partial charge in [0.1, 0.15) is 11.5 Å². The van der Waals surface area contributed by atoms with Crippen molar-refractivity contribution < 1.29 is 17.9 Å². The highest BCUT2D eigenvalue weighted by atomic mass is 35.5. The van der Waals surface area contributed by atoms with E-state index in [4.69, 9.17) is 16.3 Å². The number of halogens is 4. The number of rotatable bonds is 4. The normalized spacial score (nSPS) is 11.4. The third-order valence-corrected chi connectivity index (χ3v) is 4.04. The lowest BCUT2D eigenvalue weighted by molar-refractivity contribution is -0.138. The van der Waals surface area contributed by atoms with E-state index in [1.165, 1.54) is 24.3 Å². The quantitative estimate of drug-likeness (QED) is 0.667. The van der Waals surface area contributed by atoms with Gasteiger partial charge in [-0.2, -0.15) is 18.3 Å². The number of aryl methyl sites for hydroxylation is 1. The summed E-state index contributed by atoms with van der Waals surface area (Å²) < 4.78 is 45.4. The first-order valence-electron chi connectivity index (χ1n) is 7.91. The number of aromatic nitrogens is 2. The number of ether oxygens (including phenoxy) is 1. The van der Waals surface area contributed by atoms with Crippen LogP contribution in [0.4, 0.5) is 13.2 Å². The Kier molecular flexibility index (Phi) is 5.23. The fourth-order valence-electron chi connectivity index (χ4n) is 2.51. The fourth-order valence-corrected chi connectivity index (χ4v) is 2.69. The zero-order valence-corrected chi connectivity index (χ0v) is 14.9. The Labute approximate surface area is 157 Å². The summed E-state index contributed by atoms with van der Waals surface area (Å²) in [6, 6.07) is 11.4. The molecule has 0 amide bonds. The molecule has 4 nitrogen and oxygen atoms in total. The molecule has 0 aliphatic heterocycles. The summed E-state index contributed by atoms with van der Waals surface area (Å²) in [5, 5.41) is 6.62. The van der Waals surface area contributed by atoms with Gasteiger partial charge in [0, 0.05) is 17.0 Å². The predicted molar refractivity (Wildman–Crippen MR) is 95.4 cm³/mol. The van der Waals surface area contributed by atoms with Crippen molar-refractivity contribution in [2.24, 2.45) is 0 Å². The van der Waals surface area contributed by atoms with Gasteiger partial charge in [-0.25, -0.2) is 5.10 Å². The van der Waals surface area contributed by atoms with Gasteiger partial charge in [0.25, 0.3) is 5.56 Å². The number of aromatic amines is 1. The number of nitrogens with zero attached hydrogens (tertiary/aromatic N) is 1. The Hall–Kier alpha value is -2.80. The van der Waals surface area contributed by atoms with Crippen LogP contribution in [0.5, 0.6) is 11.5 Å². The van der Waals surface area contributed by atoms with Gasteiger partial charge in [0.05, 0.1) is 11.3 Å². The Morgan fingerprint density at radius 3 is 2.59 bits per heavy atom. The van der Waals surface area contributed by atoms with E-state index < -0.39 is 11.7 Å². The molecule has 0 saturated carbocycles. The molecule has 0 fully saturated rings. The van der Waals surface area contributed by atoms with Crippen LogP contribution in [0, 0.1) is 6.92 Å². The average Bonchev–Trinajstić information content (AvgIpc) is 2.57. The van der Waals surface area contributed by atoms with Gasteiger partial charge in [-0.15, -0.1) is 0 Å². The summed E-state index contributed by atoms with van der Waals surface area (Å²) in [7, 11) is 0. The standard InChI is InChI=1S/C19H14ClF3N2O2/c1-11-7-14(24-25-18(11)26)8-12-5-6-16(19(21,22)23)17(9-12)27-15-4-2-3-13(20)10-15/h2-7,9-10H,8H2,1H3,(H,25,26). The number of alkyl halides is 3. The van der Waals surface area contributed by atoms with E-state index in [1.807, 2.05) is 0 Å². The van der Waals surface area contributed by atoms with E-state index in [-0.39, 0.29) is 23.5 Å². The molecule has 0 saturated heterocycles. The van der Waals surface area contributed by atoms with Gasteiger partial charge in [-0.1, -0.05) is 23.7 Å². The lowest BCUT2D eigenvalue weighted by Crippen LogP contribution is -2.13. The second-order valence-corrected chi connectivity index (χ2v) is 6.37. The predicted octanol–water partition coefficient (Wildman–Crippen LogP) is 5.13. The average molecular weight is 395 g/mol. The maximum atomic E-state index is 13.3. The van der Waals surface area contributed by atoms with Crippen molar-refractivity contribution in [3.63, 3.8) is 0 Å². The first-order chi connectivity index (χ1) is 12.7. The maximum Gasteiger partial charge on any atom is 0.419 e. The SMILES string of the molecule is Cc1cc(Cc2ccc(C(F)(F)F)c(Oc3cccc(Cl)c3)c2)n[nH]c1=O. The molecule has 0 radical (unpaired) electrons. The van der Waals surface area contributed by atoms with Gasteiger partial charge in [0.15, 0.2) is 0 Å². The molecule has 1 aromatic heterocycles. The second kappa shape index (κ2) is 7.44. The molecule has 0 atom stereocenters. The third kappa shape index (κ3) is 4.68. The topological polar surface area (TPSA) is 55.0 Å². The van der Waals surface area contributed by atoms with Crippen LogP contribution in [0.25, 0.3) is 0 Å². The summed E-state index contributed by atoms with van der Waals surface area (Å²) in [6.07, 6.45) is -4.33. The van der Waals surface area contributed by atoms with Crippen molar-refractivity contribution in [2.45, 2.75) is 19.5 Å². The van der Waals surface area contributed by atoms with Gasteiger partial charge in [-0.05, 0) is 48.9 Å². The van der Waals surface area contributed by atoms with E-state index in [2.05, 4.69) is 10.2 Å². The van der Waals surface area contributed by atoms with E-state index >= 15 is 0 Å². The van der Waals surface area contributed by atoms with Gasteiger partial charge >= 0.3 is 6.18 Å². The minimum atomic E-state index is -4.57. The third-order valence-electron chi connectivity index (χ3n) is 3.80. The molecule has 0 aliphatic rings. The molecule has 27 heavy (non-hydrogen) atoms. The highest BCUT2D eigenvalue weighted by Crippen LogP contribution is 2.39. The Balaban J connectivity index is 1.97. The van der Waals surface area contributed by atoms with Crippen LogP contribution in [-0.2, 0) is 12.6 Å². The molecule has 3 rings (SSSR count). The molecule has 1 N–H and O–H groups in total. The number of benzene rings is 2. The monoisotopic (exact) mass is 394 g/mol. The minimum absolute atomic E-state index is 0.197. The summed E-state index contributed by atoms with van der Waals surface area (Å²) in [5.41, 5.74) is 0.356. The molecule has 0 spiro atoms. The van der Waals surface area contributed by atoms with Crippen molar-refractivity contribution in [1.29, 1.82) is 0 Å². The molecule has 8 heteroatoms. The number of nitrogens with one attached hydrogen (secondary N) is 1. The van der Waals surface area contributed by atoms with E-state index in [0.717, 1.165) is 6.07 Å². The molecule has 1 heterocycles. The van der Waals surface area contributed by atoms with E-state index in [0.29, 0.717) is 21.8 Å². The Morgan fingerprint density at radius 1 is 1.15 bits per heavy atom. The summed E-state index contributed by atoms with van der Waals surface area (Å²) in [4.78, 5) is 11.4. The zero-order valence-electron chi connectivity index (χ0n) is 14.1. The lowest BCUT2D eigenvalue weighted by Gasteiger charge is -2.15. The molecular formula is C19H14ClF3N2O2. The maximum absolute atomic E-state index is 13.3. The van der Waals surface area contributed by atoms with E-state index in [9.17, 15) is 18.0 Å².